The maximum Gasteiger partial charge on any atom is 0.405 e. The summed E-state index contributed by atoms with van der Waals surface area (Å²) < 4.78 is 64.6. The van der Waals surface area contributed by atoms with Crippen LogP contribution in [-0.2, 0) is 10.0 Å². The maximum absolute atomic E-state index is 12.7. The Morgan fingerprint density at radius 2 is 1.61 bits per heavy atom. The standard InChI is InChI=1S/C19H15F3N2O3S/c20-19(21,22)12-23-18(25)14-7-3-8-15(11-14)28(26,27)24-17-10-4-6-13-5-1-2-9-16(13)17/h1-11,24H,12H2,(H,23,25). The molecule has 2 N–H and O–H groups in total. The fraction of sp³-hybridized carbons (Fsp3) is 0.105. The Hall–Kier alpha value is -3.07. The number of amides is 1. The lowest BCUT2D eigenvalue weighted by Crippen LogP contribution is -2.33. The summed E-state index contributed by atoms with van der Waals surface area (Å²) in [4.78, 5) is 11.6. The number of carbonyl (C=O) groups is 1. The molecule has 0 heterocycles. The van der Waals surface area contributed by atoms with E-state index in [2.05, 4.69) is 4.72 Å². The molecule has 0 fully saturated rings. The second-order valence-electron chi connectivity index (χ2n) is 5.96. The Morgan fingerprint density at radius 1 is 0.929 bits per heavy atom. The molecule has 3 aromatic carbocycles. The molecule has 0 aliphatic heterocycles. The molecule has 0 spiro atoms. The number of halogens is 3. The average Bonchev–Trinajstić information content (AvgIpc) is 2.66. The summed E-state index contributed by atoms with van der Waals surface area (Å²) in [5.74, 6) is -1.01. The number of rotatable bonds is 5. The van der Waals surface area contributed by atoms with Gasteiger partial charge < -0.3 is 5.32 Å². The molecule has 5 nitrogen and oxygen atoms in total. The highest BCUT2D eigenvalue weighted by atomic mass is 32.2. The summed E-state index contributed by atoms with van der Waals surface area (Å²) >= 11 is 0. The molecule has 0 saturated heterocycles. The monoisotopic (exact) mass is 408 g/mol. The second kappa shape index (κ2) is 7.51. The highest BCUT2D eigenvalue weighted by Crippen LogP contribution is 2.26. The first kappa shape index (κ1) is 19.7. The number of hydrogen-bond acceptors (Lipinski definition) is 3. The molecular formula is C19H15F3N2O3S. The zero-order chi connectivity index (χ0) is 20.4. The van der Waals surface area contributed by atoms with Crippen LogP contribution in [-0.4, -0.2) is 27.0 Å². The van der Waals surface area contributed by atoms with Crippen LogP contribution in [0.3, 0.4) is 0 Å². The van der Waals surface area contributed by atoms with E-state index in [1.165, 1.54) is 18.2 Å². The molecule has 0 bridgehead atoms. The number of benzene rings is 3. The summed E-state index contributed by atoms with van der Waals surface area (Å²) in [5.41, 5.74) is 0.162. The van der Waals surface area contributed by atoms with Gasteiger partial charge in [0.05, 0.1) is 10.6 Å². The van der Waals surface area contributed by atoms with Crippen molar-refractivity contribution < 1.29 is 26.4 Å². The first-order valence-corrected chi connectivity index (χ1v) is 9.60. The molecule has 3 aromatic rings. The van der Waals surface area contributed by atoms with Gasteiger partial charge in [-0.25, -0.2) is 8.42 Å². The van der Waals surface area contributed by atoms with E-state index in [-0.39, 0.29) is 10.5 Å². The third-order valence-corrected chi connectivity index (χ3v) is 5.25. The summed E-state index contributed by atoms with van der Waals surface area (Å²) in [6, 6.07) is 17.1. The molecule has 0 aliphatic carbocycles. The van der Waals surface area contributed by atoms with E-state index >= 15 is 0 Å². The van der Waals surface area contributed by atoms with Crippen LogP contribution >= 0.6 is 0 Å². The molecule has 1 amide bonds. The van der Waals surface area contributed by atoms with Crippen molar-refractivity contribution in [1.29, 1.82) is 0 Å². The lowest BCUT2D eigenvalue weighted by atomic mass is 10.1. The van der Waals surface area contributed by atoms with Crippen LogP contribution in [0, 0.1) is 0 Å². The van der Waals surface area contributed by atoms with Crippen molar-refractivity contribution in [1.82, 2.24) is 5.32 Å². The topological polar surface area (TPSA) is 75.3 Å². The van der Waals surface area contributed by atoms with Crippen molar-refractivity contribution in [3.63, 3.8) is 0 Å². The van der Waals surface area contributed by atoms with Gasteiger partial charge >= 0.3 is 6.18 Å². The van der Waals surface area contributed by atoms with Gasteiger partial charge in [0.1, 0.15) is 6.54 Å². The molecule has 0 atom stereocenters. The molecule has 9 heteroatoms. The lowest BCUT2D eigenvalue weighted by molar-refractivity contribution is -0.123. The van der Waals surface area contributed by atoms with Crippen molar-refractivity contribution >= 4 is 32.4 Å². The summed E-state index contributed by atoms with van der Waals surface area (Å²) in [6.45, 7) is -1.50. The van der Waals surface area contributed by atoms with Crippen LogP contribution < -0.4 is 10.0 Å². The first-order valence-electron chi connectivity index (χ1n) is 8.11. The van der Waals surface area contributed by atoms with Gasteiger partial charge in [-0.3, -0.25) is 9.52 Å². The smallest absolute Gasteiger partial charge is 0.343 e. The quantitative estimate of drug-likeness (QED) is 0.672. The van der Waals surface area contributed by atoms with Crippen molar-refractivity contribution in [2.45, 2.75) is 11.1 Å². The normalized spacial score (nSPS) is 12.0. The summed E-state index contributed by atoms with van der Waals surface area (Å²) in [7, 11) is -4.06. The number of carbonyl (C=O) groups excluding carboxylic acids is 1. The van der Waals surface area contributed by atoms with Crippen LogP contribution in [0.2, 0.25) is 0 Å². The number of sulfonamides is 1. The minimum absolute atomic E-state index is 0.190. The third kappa shape index (κ3) is 4.61. The van der Waals surface area contributed by atoms with E-state index in [0.717, 1.165) is 11.5 Å². The minimum Gasteiger partial charge on any atom is -0.343 e. The molecular weight excluding hydrogens is 393 g/mol. The van der Waals surface area contributed by atoms with Gasteiger partial charge in [0, 0.05) is 10.9 Å². The largest absolute Gasteiger partial charge is 0.405 e. The van der Waals surface area contributed by atoms with Crippen molar-refractivity contribution in [3.8, 4) is 0 Å². The van der Waals surface area contributed by atoms with Crippen LogP contribution in [0.1, 0.15) is 10.4 Å². The highest BCUT2D eigenvalue weighted by Gasteiger charge is 2.28. The fourth-order valence-corrected chi connectivity index (χ4v) is 3.73. The predicted molar refractivity (Wildman–Crippen MR) is 99.6 cm³/mol. The average molecular weight is 408 g/mol. The Kier molecular flexibility index (Phi) is 5.28. The number of fused-ring (bicyclic) bond motifs is 1. The Morgan fingerprint density at radius 3 is 2.36 bits per heavy atom. The van der Waals surface area contributed by atoms with Gasteiger partial charge in [0.15, 0.2) is 0 Å². The fourth-order valence-electron chi connectivity index (χ4n) is 2.61. The highest BCUT2D eigenvalue weighted by molar-refractivity contribution is 7.92. The lowest BCUT2D eigenvalue weighted by Gasteiger charge is -2.12. The maximum atomic E-state index is 12.7. The van der Waals surface area contributed by atoms with Gasteiger partial charge in [-0.05, 0) is 29.7 Å². The molecule has 146 valence electrons. The molecule has 0 aliphatic rings. The Bertz CT molecular complexity index is 1120. The third-order valence-electron chi connectivity index (χ3n) is 3.89. The summed E-state index contributed by atoms with van der Waals surface area (Å²) in [5, 5.41) is 3.24. The Labute approximate surface area is 159 Å². The number of anilines is 1. The van der Waals surface area contributed by atoms with Crippen molar-refractivity contribution in [3.05, 3.63) is 72.3 Å². The molecule has 0 unspecified atom stereocenters. The van der Waals surface area contributed by atoms with Gasteiger partial charge in [-0.15, -0.1) is 0 Å². The van der Waals surface area contributed by atoms with Crippen molar-refractivity contribution in [2.75, 3.05) is 11.3 Å². The first-order chi connectivity index (χ1) is 13.2. The molecule has 3 rings (SSSR count). The SMILES string of the molecule is O=C(NCC(F)(F)F)c1cccc(S(=O)(=O)Nc2cccc3ccccc23)c1. The predicted octanol–water partition coefficient (Wildman–Crippen LogP) is 3.93. The molecule has 0 aromatic heterocycles. The van der Waals surface area contributed by atoms with Gasteiger partial charge in [-0.1, -0.05) is 42.5 Å². The van der Waals surface area contributed by atoms with E-state index in [1.807, 2.05) is 18.2 Å². The van der Waals surface area contributed by atoms with Crippen LogP contribution in [0.5, 0.6) is 0 Å². The minimum atomic E-state index is -4.56. The zero-order valence-electron chi connectivity index (χ0n) is 14.3. The van der Waals surface area contributed by atoms with Gasteiger partial charge in [-0.2, -0.15) is 13.2 Å². The number of nitrogens with one attached hydrogen (secondary N) is 2. The Balaban J connectivity index is 1.87. The van der Waals surface area contributed by atoms with E-state index < -0.39 is 28.7 Å². The number of alkyl halides is 3. The molecule has 28 heavy (non-hydrogen) atoms. The summed E-state index contributed by atoms with van der Waals surface area (Å²) in [6.07, 6.45) is -4.56. The van der Waals surface area contributed by atoms with Crippen LogP contribution in [0.4, 0.5) is 18.9 Å². The van der Waals surface area contributed by atoms with E-state index in [4.69, 9.17) is 0 Å². The van der Waals surface area contributed by atoms with E-state index in [0.29, 0.717) is 11.1 Å². The van der Waals surface area contributed by atoms with E-state index in [9.17, 15) is 26.4 Å². The second-order valence-corrected chi connectivity index (χ2v) is 7.64. The van der Waals surface area contributed by atoms with Crippen molar-refractivity contribution in [2.24, 2.45) is 0 Å². The van der Waals surface area contributed by atoms with E-state index in [1.54, 1.807) is 29.6 Å². The zero-order valence-corrected chi connectivity index (χ0v) is 15.1. The van der Waals surface area contributed by atoms with Crippen LogP contribution in [0.15, 0.2) is 71.6 Å². The van der Waals surface area contributed by atoms with Gasteiger partial charge in [0.2, 0.25) is 0 Å². The number of hydrogen-bond donors (Lipinski definition) is 2. The molecule has 0 radical (unpaired) electrons. The van der Waals surface area contributed by atoms with Gasteiger partial charge in [0.25, 0.3) is 15.9 Å². The van der Waals surface area contributed by atoms with Crippen LogP contribution in [0.25, 0.3) is 10.8 Å². The molecule has 0 saturated carbocycles.